The largest absolute Gasteiger partial charge is 0.341 e. The summed E-state index contributed by atoms with van der Waals surface area (Å²) in [4.78, 5) is 29.1. The lowest BCUT2D eigenvalue weighted by molar-refractivity contribution is -0.134. The van der Waals surface area contributed by atoms with Gasteiger partial charge in [-0.25, -0.2) is 0 Å². The van der Waals surface area contributed by atoms with Gasteiger partial charge in [-0.1, -0.05) is 23.2 Å². The molecular weight excluding hydrogens is 385 g/mol. The van der Waals surface area contributed by atoms with E-state index in [9.17, 15) is 9.59 Å². The molecule has 0 saturated carbocycles. The fraction of sp³-hybridized carbons (Fsp3) is 0.529. The van der Waals surface area contributed by atoms with Crippen molar-refractivity contribution in [3.63, 3.8) is 0 Å². The molecule has 2 amide bonds. The van der Waals surface area contributed by atoms with E-state index in [0.717, 1.165) is 19.4 Å². The van der Waals surface area contributed by atoms with Crippen molar-refractivity contribution in [3.8, 4) is 0 Å². The third-order valence-electron chi connectivity index (χ3n) is 4.84. The zero-order chi connectivity index (χ0) is 17.3. The van der Waals surface area contributed by atoms with Crippen LogP contribution in [-0.2, 0) is 4.79 Å². The molecule has 2 aliphatic heterocycles. The summed E-state index contributed by atoms with van der Waals surface area (Å²) in [6.45, 7) is 2.59. The smallest absolute Gasteiger partial charge is 0.254 e. The van der Waals surface area contributed by atoms with Crippen LogP contribution in [0.1, 0.15) is 29.6 Å². The molecule has 2 unspecified atom stereocenters. The van der Waals surface area contributed by atoms with E-state index in [2.05, 4.69) is 0 Å². The van der Waals surface area contributed by atoms with Crippen molar-refractivity contribution in [2.75, 3.05) is 26.2 Å². The van der Waals surface area contributed by atoms with E-state index >= 15 is 0 Å². The number of benzene rings is 1. The molecule has 138 valence electrons. The Bertz CT molecular complexity index is 636. The summed E-state index contributed by atoms with van der Waals surface area (Å²) in [5.41, 5.74) is 6.13. The lowest BCUT2D eigenvalue weighted by atomic mass is 10.1. The highest BCUT2D eigenvalue weighted by Gasteiger charge is 2.38. The molecule has 2 atom stereocenters. The number of hydrogen-bond donors (Lipinski definition) is 1. The molecule has 0 aliphatic carbocycles. The second kappa shape index (κ2) is 8.58. The lowest BCUT2D eigenvalue weighted by Gasteiger charge is -2.28. The van der Waals surface area contributed by atoms with E-state index in [-0.39, 0.29) is 24.2 Å². The first-order chi connectivity index (χ1) is 11.5. The second-order valence-corrected chi connectivity index (χ2v) is 7.36. The predicted octanol–water partition coefficient (Wildman–Crippen LogP) is 2.83. The first-order valence-corrected chi connectivity index (χ1v) is 9.01. The van der Waals surface area contributed by atoms with Gasteiger partial charge in [-0.3, -0.25) is 9.59 Å². The molecule has 5 nitrogen and oxygen atoms in total. The third kappa shape index (κ3) is 4.40. The van der Waals surface area contributed by atoms with Gasteiger partial charge < -0.3 is 15.5 Å². The molecule has 0 spiro atoms. The van der Waals surface area contributed by atoms with Gasteiger partial charge in [-0.2, -0.15) is 0 Å². The average molecular weight is 407 g/mol. The number of carbonyl (C=O) groups is 2. The maximum atomic E-state index is 12.8. The summed E-state index contributed by atoms with van der Waals surface area (Å²) in [6, 6.07) is 4.38. The second-order valence-electron chi connectivity index (χ2n) is 6.49. The highest BCUT2D eigenvalue weighted by Crippen LogP contribution is 2.27. The summed E-state index contributed by atoms with van der Waals surface area (Å²) in [7, 11) is 0. The molecule has 2 saturated heterocycles. The van der Waals surface area contributed by atoms with Crippen LogP contribution < -0.4 is 5.73 Å². The number of amides is 2. The normalized spacial score (nSPS) is 22.8. The maximum Gasteiger partial charge on any atom is 0.254 e. The van der Waals surface area contributed by atoms with Gasteiger partial charge in [0.2, 0.25) is 5.91 Å². The Balaban J connectivity index is 0.00000225. The van der Waals surface area contributed by atoms with Crippen LogP contribution in [0.4, 0.5) is 0 Å². The van der Waals surface area contributed by atoms with E-state index in [1.165, 1.54) is 0 Å². The predicted molar refractivity (Wildman–Crippen MR) is 102 cm³/mol. The van der Waals surface area contributed by atoms with E-state index in [1.807, 2.05) is 4.90 Å². The van der Waals surface area contributed by atoms with Gasteiger partial charge in [-0.15, -0.1) is 12.4 Å². The van der Waals surface area contributed by atoms with Crippen molar-refractivity contribution in [1.29, 1.82) is 0 Å². The van der Waals surface area contributed by atoms with Gasteiger partial charge in [0.1, 0.15) is 6.04 Å². The zero-order valence-electron chi connectivity index (χ0n) is 13.8. The fourth-order valence-corrected chi connectivity index (χ4v) is 4.07. The molecule has 3 rings (SSSR count). The summed E-state index contributed by atoms with van der Waals surface area (Å²) in [5, 5.41) is 0.830. The number of likely N-dealkylation sites (tertiary alicyclic amines) is 2. The Morgan fingerprint density at radius 2 is 1.80 bits per heavy atom. The molecule has 0 radical (unpaired) electrons. The van der Waals surface area contributed by atoms with Crippen LogP contribution in [0.2, 0.25) is 10.0 Å². The molecule has 25 heavy (non-hydrogen) atoms. The number of carbonyl (C=O) groups excluding carboxylic acids is 2. The van der Waals surface area contributed by atoms with Gasteiger partial charge in [0.05, 0.1) is 0 Å². The number of rotatable bonds is 3. The highest BCUT2D eigenvalue weighted by atomic mass is 35.5. The van der Waals surface area contributed by atoms with Gasteiger partial charge in [0, 0.05) is 35.2 Å². The number of nitrogens with two attached hydrogens (primary N) is 1. The van der Waals surface area contributed by atoms with Crippen molar-refractivity contribution >= 4 is 47.4 Å². The van der Waals surface area contributed by atoms with Gasteiger partial charge in [0.25, 0.3) is 5.91 Å². The first-order valence-electron chi connectivity index (χ1n) is 8.25. The molecular formula is C17H22Cl3N3O2. The Kier molecular flexibility index (Phi) is 6.97. The summed E-state index contributed by atoms with van der Waals surface area (Å²) in [5.74, 6) is 0.209. The molecule has 0 bridgehead atoms. The van der Waals surface area contributed by atoms with E-state index in [0.29, 0.717) is 47.6 Å². The van der Waals surface area contributed by atoms with Crippen LogP contribution in [0.5, 0.6) is 0 Å². The van der Waals surface area contributed by atoms with Crippen LogP contribution in [0.25, 0.3) is 0 Å². The van der Waals surface area contributed by atoms with Crippen molar-refractivity contribution in [2.24, 2.45) is 11.7 Å². The first kappa shape index (κ1) is 20.3. The van der Waals surface area contributed by atoms with Crippen LogP contribution >= 0.6 is 35.6 Å². The Hall–Kier alpha value is -1.01. The summed E-state index contributed by atoms with van der Waals surface area (Å²) in [6.07, 6.45) is 2.46. The molecule has 2 heterocycles. The van der Waals surface area contributed by atoms with Crippen molar-refractivity contribution in [2.45, 2.75) is 25.3 Å². The van der Waals surface area contributed by atoms with Crippen LogP contribution in [0.3, 0.4) is 0 Å². The maximum absolute atomic E-state index is 12.8. The Labute approximate surface area is 163 Å². The molecule has 1 aromatic carbocycles. The third-order valence-corrected chi connectivity index (χ3v) is 5.28. The molecule has 0 aromatic heterocycles. The number of halogens is 3. The molecule has 2 aliphatic rings. The summed E-state index contributed by atoms with van der Waals surface area (Å²) < 4.78 is 0. The molecule has 8 heteroatoms. The van der Waals surface area contributed by atoms with E-state index in [4.69, 9.17) is 28.9 Å². The van der Waals surface area contributed by atoms with Crippen LogP contribution in [0, 0.1) is 5.92 Å². The van der Waals surface area contributed by atoms with Crippen LogP contribution in [-0.4, -0.2) is 53.8 Å². The minimum absolute atomic E-state index is 0. The zero-order valence-corrected chi connectivity index (χ0v) is 16.1. The number of hydrogen-bond acceptors (Lipinski definition) is 3. The van der Waals surface area contributed by atoms with Crippen molar-refractivity contribution in [1.82, 2.24) is 9.80 Å². The van der Waals surface area contributed by atoms with Gasteiger partial charge >= 0.3 is 0 Å². The molecule has 2 N–H and O–H groups in total. The monoisotopic (exact) mass is 405 g/mol. The topological polar surface area (TPSA) is 66.6 Å². The van der Waals surface area contributed by atoms with Crippen molar-refractivity contribution < 1.29 is 9.59 Å². The quantitative estimate of drug-likeness (QED) is 0.839. The minimum atomic E-state index is -0.396. The Morgan fingerprint density at radius 3 is 2.40 bits per heavy atom. The van der Waals surface area contributed by atoms with E-state index < -0.39 is 6.04 Å². The SMILES string of the molecule is Cl.NCC1CCN(C(=O)C2CCCN2C(=O)c2cc(Cl)cc(Cl)c2)C1. The van der Waals surface area contributed by atoms with Gasteiger partial charge in [-0.05, 0) is 49.9 Å². The average Bonchev–Trinajstić information content (AvgIpc) is 3.21. The van der Waals surface area contributed by atoms with E-state index in [1.54, 1.807) is 23.1 Å². The fourth-order valence-electron chi connectivity index (χ4n) is 3.55. The lowest BCUT2D eigenvalue weighted by Crippen LogP contribution is -2.47. The van der Waals surface area contributed by atoms with Crippen molar-refractivity contribution in [3.05, 3.63) is 33.8 Å². The standard InChI is InChI=1S/C17H21Cl2N3O2.ClH/c18-13-6-12(7-14(19)8-13)16(23)22-4-1-2-15(22)17(24)21-5-3-11(9-20)10-21;/h6-8,11,15H,1-5,9-10,20H2;1H. The molecule has 1 aromatic rings. The number of nitrogens with zero attached hydrogens (tertiary/aromatic N) is 2. The summed E-state index contributed by atoms with van der Waals surface area (Å²) >= 11 is 12.0. The molecule has 2 fully saturated rings. The highest BCUT2D eigenvalue weighted by molar-refractivity contribution is 6.35. The minimum Gasteiger partial charge on any atom is -0.341 e. The van der Waals surface area contributed by atoms with Crippen LogP contribution in [0.15, 0.2) is 18.2 Å². The Morgan fingerprint density at radius 1 is 1.12 bits per heavy atom. The van der Waals surface area contributed by atoms with Gasteiger partial charge in [0.15, 0.2) is 0 Å².